The maximum Gasteiger partial charge on any atom is 0.573 e. The summed E-state index contributed by atoms with van der Waals surface area (Å²) in [7, 11) is 1.57. The third-order valence-electron chi connectivity index (χ3n) is 5.44. The zero-order valence-electron chi connectivity index (χ0n) is 17.4. The highest BCUT2D eigenvalue weighted by Gasteiger charge is 2.33. The van der Waals surface area contributed by atoms with Gasteiger partial charge in [-0.3, -0.25) is 9.48 Å². The lowest BCUT2D eigenvalue weighted by atomic mass is 10.0. The van der Waals surface area contributed by atoms with Crippen LogP contribution in [-0.2, 0) is 16.0 Å². The number of methoxy groups -OCH3 is 1. The molecule has 12 heteroatoms. The van der Waals surface area contributed by atoms with Crippen molar-refractivity contribution in [3.8, 4) is 17.0 Å². The molecule has 0 bridgehead atoms. The monoisotopic (exact) mass is 453 g/mol. The zero-order chi connectivity index (χ0) is 23.0. The molecule has 0 aliphatic carbocycles. The first-order valence-electron chi connectivity index (χ1n) is 9.97. The summed E-state index contributed by atoms with van der Waals surface area (Å²) in [6.07, 6.45) is -1.65. The number of ether oxygens (including phenoxy) is 3. The van der Waals surface area contributed by atoms with Crippen molar-refractivity contribution < 1.29 is 27.4 Å². The van der Waals surface area contributed by atoms with Crippen molar-refractivity contribution in [3.05, 3.63) is 34.9 Å². The number of aromatic nitrogens is 4. The molecule has 172 valence electrons. The molecule has 0 aromatic carbocycles. The number of rotatable bonds is 5. The van der Waals surface area contributed by atoms with Gasteiger partial charge in [0.15, 0.2) is 11.6 Å². The minimum absolute atomic E-state index is 0.209. The van der Waals surface area contributed by atoms with Crippen LogP contribution in [0, 0.1) is 0 Å². The number of nitrogen functional groups attached to an aromatic ring is 1. The SMILES string of the molecule is CCn1nc(-c2cnc(N)c(OC(F)(F)F)c2)c2ccn([C@@H]3CCOC[C@@H]3OC)c(=O)c21. The third kappa shape index (κ3) is 4.02. The highest BCUT2D eigenvalue weighted by molar-refractivity contribution is 5.93. The molecule has 0 radical (unpaired) electrons. The Morgan fingerprint density at radius 3 is 2.84 bits per heavy atom. The molecule has 1 aliphatic rings. The number of anilines is 1. The fourth-order valence-electron chi connectivity index (χ4n) is 3.94. The average molecular weight is 453 g/mol. The van der Waals surface area contributed by atoms with Gasteiger partial charge in [0, 0.05) is 43.6 Å². The van der Waals surface area contributed by atoms with Crippen molar-refractivity contribution in [3.63, 3.8) is 0 Å². The van der Waals surface area contributed by atoms with Crippen LogP contribution < -0.4 is 16.0 Å². The highest BCUT2D eigenvalue weighted by atomic mass is 19.4. The van der Waals surface area contributed by atoms with Crippen molar-refractivity contribution in [2.45, 2.75) is 38.4 Å². The molecule has 2 N–H and O–H groups in total. The molecular formula is C20H22F3N5O4. The molecule has 0 unspecified atom stereocenters. The van der Waals surface area contributed by atoms with Gasteiger partial charge in [-0.25, -0.2) is 4.98 Å². The molecule has 32 heavy (non-hydrogen) atoms. The van der Waals surface area contributed by atoms with Crippen molar-refractivity contribution in [1.29, 1.82) is 0 Å². The lowest BCUT2D eigenvalue weighted by Crippen LogP contribution is -2.40. The van der Waals surface area contributed by atoms with E-state index >= 15 is 0 Å². The van der Waals surface area contributed by atoms with E-state index in [2.05, 4.69) is 14.8 Å². The summed E-state index contributed by atoms with van der Waals surface area (Å²) in [5, 5.41) is 4.95. The first kappa shape index (κ1) is 22.1. The Hall–Kier alpha value is -3.12. The van der Waals surface area contributed by atoms with Crippen LogP contribution >= 0.6 is 0 Å². The second-order valence-corrected chi connectivity index (χ2v) is 7.32. The summed E-state index contributed by atoms with van der Waals surface area (Å²) in [5.74, 6) is -1.04. The Labute approximate surface area is 180 Å². The summed E-state index contributed by atoms with van der Waals surface area (Å²) in [4.78, 5) is 17.2. The maximum atomic E-state index is 13.4. The molecular weight excluding hydrogens is 431 g/mol. The van der Waals surface area contributed by atoms with E-state index in [1.165, 1.54) is 10.9 Å². The van der Waals surface area contributed by atoms with E-state index in [0.717, 1.165) is 6.07 Å². The Kier molecular flexibility index (Phi) is 5.82. The summed E-state index contributed by atoms with van der Waals surface area (Å²) in [6.45, 7) is 3.08. The molecule has 0 saturated carbocycles. The highest BCUT2D eigenvalue weighted by Crippen LogP contribution is 2.34. The van der Waals surface area contributed by atoms with Gasteiger partial charge in [-0.05, 0) is 25.5 Å². The van der Waals surface area contributed by atoms with E-state index in [9.17, 15) is 18.0 Å². The van der Waals surface area contributed by atoms with Crippen LogP contribution in [0.1, 0.15) is 19.4 Å². The molecule has 4 rings (SSSR count). The Balaban J connectivity index is 1.84. The van der Waals surface area contributed by atoms with Crippen LogP contribution in [0.2, 0.25) is 0 Å². The van der Waals surface area contributed by atoms with Crippen molar-refractivity contribution >= 4 is 16.7 Å². The number of aryl methyl sites for hydroxylation is 1. The topological polar surface area (TPSA) is 106 Å². The maximum absolute atomic E-state index is 13.4. The molecule has 0 spiro atoms. The van der Waals surface area contributed by atoms with E-state index in [-0.39, 0.29) is 23.3 Å². The summed E-state index contributed by atoms with van der Waals surface area (Å²) >= 11 is 0. The molecule has 2 atom stereocenters. The van der Waals surface area contributed by atoms with E-state index in [0.29, 0.717) is 42.8 Å². The third-order valence-corrected chi connectivity index (χ3v) is 5.44. The largest absolute Gasteiger partial charge is 0.573 e. The first-order chi connectivity index (χ1) is 15.2. The van der Waals surface area contributed by atoms with Crippen LogP contribution in [0.3, 0.4) is 0 Å². The van der Waals surface area contributed by atoms with Gasteiger partial charge >= 0.3 is 6.36 Å². The number of hydrogen-bond donors (Lipinski definition) is 1. The second-order valence-electron chi connectivity index (χ2n) is 7.32. The summed E-state index contributed by atoms with van der Waals surface area (Å²) in [5.41, 5.74) is 6.15. The molecule has 3 aromatic heterocycles. The standard InChI is InChI=1S/C20H22F3N5O4/c1-3-28-17-12(4-6-27(19(17)29)13-5-7-31-10-15(13)30-2)16(26-28)11-8-14(18(24)25-9-11)32-20(21,22)23/h4,6,8-9,13,15H,3,5,7,10H2,1-2H3,(H2,24,25)/t13-,15+/m1/s1. The minimum atomic E-state index is -4.92. The number of pyridine rings is 2. The molecule has 1 fully saturated rings. The molecule has 1 saturated heterocycles. The van der Waals surface area contributed by atoms with Crippen LogP contribution in [0.25, 0.3) is 22.2 Å². The molecule has 0 amide bonds. The van der Waals surface area contributed by atoms with Gasteiger partial charge in [-0.15, -0.1) is 13.2 Å². The molecule has 3 aromatic rings. The van der Waals surface area contributed by atoms with Gasteiger partial charge < -0.3 is 24.5 Å². The lowest BCUT2D eigenvalue weighted by molar-refractivity contribution is -0.274. The Bertz CT molecular complexity index is 1190. The van der Waals surface area contributed by atoms with Gasteiger partial charge in [0.2, 0.25) is 0 Å². The number of halogens is 3. The Morgan fingerprint density at radius 2 is 2.16 bits per heavy atom. The minimum Gasteiger partial charge on any atom is -0.402 e. The van der Waals surface area contributed by atoms with Crippen LogP contribution in [0.5, 0.6) is 5.75 Å². The first-order valence-corrected chi connectivity index (χ1v) is 9.97. The van der Waals surface area contributed by atoms with Crippen LogP contribution in [0.15, 0.2) is 29.3 Å². The smallest absolute Gasteiger partial charge is 0.402 e. The van der Waals surface area contributed by atoms with Gasteiger partial charge in [0.25, 0.3) is 5.56 Å². The van der Waals surface area contributed by atoms with Gasteiger partial charge in [-0.1, -0.05) is 0 Å². The number of hydrogen-bond acceptors (Lipinski definition) is 7. The average Bonchev–Trinajstić information content (AvgIpc) is 3.14. The van der Waals surface area contributed by atoms with Gasteiger partial charge in [0.05, 0.1) is 12.6 Å². The van der Waals surface area contributed by atoms with Gasteiger partial charge in [-0.2, -0.15) is 5.10 Å². The van der Waals surface area contributed by atoms with Crippen molar-refractivity contribution in [2.24, 2.45) is 0 Å². The lowest BCUT2D eigenvalue weighted by Gasteiger charge is -2.31. The van der Waals surface area contributed by atoms with Crippen LogP contribution in [0.4, 0.5) is 19.0 Å². The second kappa shape index (κ2) is 8.43. The van der Waals surface area contributed by atoms with Gasteiger partial charge in [0.1, 0.15) is 17.3 Å². The quantitative estimate of drug-likeness (QED) is 0.633. The number of nitrogens with two attached hydrogens (primary N) is 1. The molecule has 1 aliphatic heterocycles. The number of fused-ring (bicyclic) bond motifs is 1. The van der Waals surface area contributed by atoms with E-state index in [1.54, 1.807) is 23.9 Å². The molecule has 4 heterocycles. The predicted molar refractivity (Wildman–Crippen MR) is 109 cm³/mol. The van der Waals surface area contributed by atoms with Crippen LogP contribution in [-0.4, -0.2) is 52.1 Å². The summed E-state index contributed by atoms with van der Waals surface area (Å²) < 4.78 is 56.2. The van der Waals surface area contributed by atoms with Crippen molar-refractivity contribution in [2.75, 3.05) is 26.1 Å². The van der Waals surface area contributed by atoms with Crippen molar-refractivity contribution in [1.82, 2.24) is 19.3 Å². The normalized spacial score (nSPS) is 19.4. The Morgan fingerprint density at radius 1 is 1.38 bits per heavy atom. The van der Waals surface area contributed by atoms with E-state index < -0.39 is 17.9 Å². The fraction of sp³-hybridized carbons (Fsp3) is 0.450. The fourth-order valence-corrected chi connectivity index (χ4v) is 3.94. The molecule has 9 nitrogen and oxygen atoms in total. The zero-order valence-corrected chi connectivity index (χ0v) is 17.4. The number of nitrogens with zero attached hydrogens (tertiary/aromatic N) is 4. The predicted octanol–water partition coefficient (Wildman–Crippen LogP) is 2.74. The summed E-state index contributed by atoms with van der Waals surface area (Å²) in [6, 6.07) is 2.62. The van der Waals surface area contributed by atoms with E-state index in [1.807, 2.05) is 6.92 Å². The van der Waals surface area contributed by atoms with E-state index in [4.69, 9.17) is 15.2 Å². The number of alkyl halides is 3.